The van der Waals surface area contributed by atoms with E-state index in [2.05, 4.69) is 53.6 Å². The van der Waals surface area contributed by atoms with Gasteiger partial charge in [-0.2, -0.15) is 4.98 Å². The van der Waals surface area contributed by atoms with Gasteiger partial charge < -0.3 is 4.90 Å². The number of aromatic amines is 1. The molecule has 3 aromatic rings. The highest BCUT2D eigenvalue weighted by molar-refractivity contribution is 5.75. The SMILES string of the molecule is Cc1cc(C)nc(Nc2n[nH]c(-c3ccccc3N3CCCC3)n2)n1. The third-order valence-electron chi connectivity index (χ3n) is 4.30. The van der Waals surface area contributed by atoms with E-state index in [0.29, 0.717) is 11.9 Å². The lowest BCUT2D eigenvalue weighted by Crippen LogP contribution is -2.18. The number of aryl methyl sites for hydroxylation is 2. The van der Waals surface area contributed by atoms with Gasteiger partial charge in [0.15, 0.2) is 5.82 Å². The molecule has 0 amide bonds. The summed E-state index contributed by atoms with van der Waals surface area (Å²) in [6.07, 6.45) is 2.48. The van der Waals surface area contributed by atoms with Crippen LogP contribution in [0.2, 0.25) is 0 Å². The predicted molar refractivity (Wildman–Crippen MR) is 98.1 cm³/mol. The van der Waals surface area contributed by atoms with Crippen molar-refractivity contribution in [2.45, 2.75) is 26.7 Å². The Morgan fingerprint density at radius 3 is 2.44 bits per heavy atom. The molecule has 2 N–H and O–H groups in total. The van der Waals surface area contributed by atoms with Crippen molar-refractivity contribution in [3.63, 3.8) is 0 Å². The largest absolute Gasteiger partial charge is 0.371 e. The summed E-state index contributed by atoms with van der Waals surface area (Å²) < 4.78 is 0. The van der Waals surface area contributed by atoms with Crippen molar-refractivity contribution >= 4 is 17.6 Å². The summed E-state index contributed by atoms with van der Waals surface area (Å²) in [7, 11) is 0. The number of hydrogen-bond donors (Lipinski definition) is 2. The standard InChI is InChI=1S/C18H21N7/c1-12-11-13(2)20-17(19-12)22-18-21-16(23-24-18)14-7-3-4-8-15(14)25-9-5-6-10-25/h3-4,7-8,11H,5-6,9-10H2,1-2H3,(H2,19,20,21,22,23,24). The van der Waals surface area contributed by atoms with Crippen LogP contribution in [0.25, 0.3) is 11.4 Å². The Labute approximate surface area is 146 Å². The first-order valence-electron chi connectivity index (χ1n) is 8.55. The van der Waals surface area contributed by atoms with Gasteiger partial charge in [0.05, 0.1) is 0 Å². The van der Waals surface area contributed by atoms with Crippen molar-refractivity contribution in [2.24, 2.45) is 0 Å². The van der Waals surface area contributed by atoms with Gasteiger partial charge in [-0.05, 0) is 44.9 Å². The molecule has 0 saturated carbocycles. The highest BCUT2D eigenvalue weighted by Gasteiger charge is 2.18. The van der Waals surface area contributed by atoms with E-state index < -0.39 is 0 Å². The zero-order valence-corrected chi connectivity index (χ0v) is 14.5. The summed E-state index contributed by atoms with van der Waals surface area (Å²) in [5.74, 6) is 1.72. The number of anilines is 3. The van der Waals surface area contributed by atoms with Gasteiger partial charge >= 0.3 is 0 Å². The summed E-state index contributed by atoms with van der Waals surface area (Å²) in [4.78, 5) is 15.7. The van der Waals surface area contributed by atoms with E-state index in [1.807, 2.05) is 26.0 Å². The van der Waals surface area contributed by atoms with Crippen molar-refractivity contribution in [3.05, 3.63) is 41.7 Å². The number of H-pyrrole nitrogens is 1. The van der Waals surface area contributed by atoms with E-state index in [1.54, 1.807) is 0 Å². The van der Waals surface area contributed by atoms with Crippen LogP contribution in [0, 0.1) is 13.8 Å². The smallest absolute Gasteiger partial charge is 0.249 e. The van der Waals surface area contributed by atoms with E-state index in [0.717, 1.165) is 35.9 Å². The number of hydrogen-bond acceptors (Lipinski definition) is 6. The number of para-hydroxylation sites is 1. The Balaban J connectivity index is 1.61. The topological polar surface area (TPSA) is 82.6 Å². The Hall–Kier alpha value is -2.96. The summed E-state index contributed by atoms with van der Waals surface area (Å²) in [5.41, 5.74) is 4.08. The maximum Gasteiger partial charge on any atom is 0.249 e. The van der Waals surface area contributed by atoms with Crippen LogP contribution in [0.4, 0.5) is 17.6 Å². The van der Waals surface area contributed by atoms with E-state index >= 15 is 0 Å². The highest BCUT2D eigenvalue weighted by Crippen LogP contribution is 2.31. The molecule has 1 aliphatic heterocycles. The van der Waals surface area contributed by atoms with Gasteiger partial charge in [0.1, 0.15) is 0 Å². The minimum Gasteiger partial charge on any atom is -0.371 e. The van der Waals surface area contributed by atoms with E-state index in [4.69, 9.17) is 0 Å². The minimum atomic E-state index is 0.469. The number of aromatic nitrogens is 5. The normalized spacial score (nSPS) is 14.1. The molecule has 3 heterocycles. The maximum atomic E-state index is 4.58. The Morgan fingerprint density at radius 2 is 1.68 bits per heavy atom. The van der Waals surface area contributed by atoms with Crippen LogP contribution in [0.1, 0.15) is 24.2 Å². The Morgan fingerprint density at radius 1 is 0.960 bits per heavy atom. The Bertz CT molecular complexity index is 860. The second kappa shape index (κ2) is 6.51. The lowest BCUT2D eigenvalue weighted by atomic mass is 10.1. The second-order valence-electron chi connectivity index (χ2n) is 6.32. The molecule has 0 bridgehead atoms. The molecule has 0 radical (unpaired) electrons. The van der Waals surface area contributed by atoms with Gasteiger partial charge in [-0.3, -0.25) is 10.4 Å². The van der Waals surface area contributed by atoms with Crippen LogP contribution in [0.15, 0.2) is 30.3 Å². The van der Waals surface area contributed by atoms with E-state index in [-0.39, 0.29) is 0 Å². The zero-order chi connectivity index (χ0) is 17.2. The molecule has 0 atom stereocenters. The van der Waals surface area contributed by atoms with E-state index in [1.165, 1.54) is 18.5 Å². The van der Waals surface area contributed by atoms with Crippen molar-refractivity contribution in [1.82, 2.24) is 25.1 Å². The fourth-order valence-corrected chi connectivity index (χ4v) is 3.23. The van der Waals surface area contributed by atoms with Gasteiger partial charge in [0.25, 0.3) is 0 Å². The summed E-state index contributed by atoms with van der Waals surface area (Å²) in [6, 6.07) is 10.2. The minimum absolute atomic E-state index is 0.469. The number of nitrogens with zero attached hydrogens (tertiary/aromatic N) is 5. The lowest BCUT2D eigenvalue weighted by Gasteiger charge is -2.20. The molecule has 7 heteroatoms. The van der Waals surface area contributed by atoms with Crippen LogP contribution in [0.3, 0.4) is 0 Å². The molecule has 25 heavy (non-hydrogen) atoms. The molecule has 128 valence electrons. The first kappa shape index (κ1) is 15.6. The van der Waals surface area contributed by atoms with E-state index in [9.17, 15) is 0 Å². The molecule has 0 aliphatic carbocycles. The van der Waals surface area contributed by atoms with Gasteiger partial charge in [-0.15, -0.1) is 5.10 Å². The third-order valence-corrected chi connectivity index (χ3v) is 4.30. The Kier molecular flexibility index (Phi) is 4.05. The fourth-order valence-electron chi connectivity index (χ4n) is 3.23. The molecular formula is C18H21N7. The molecular weight excluding hydrogens is 314 g/mol. The molecule has 2 aromatic heterocycles. The van der Waals surface area contributed by atoms with Crippen LogP contribution in [-0.4, -0.2) is 38.2 Å². The predicted octanol–water partition coefficient (Wildman–Crippen LogP) is 3.22. The summed E-state index contributed by atoms with van der Waals surface area (Å²) >= 11 is 0. The summed E-state index contributed by atoms with van der Waals surface area (Å²) in [5, 5.41) is 10.4. The van der Waals surface area contributed by atoms with Crippen molar-refractivity contribution in [1.29, 1.82) is 0 Å². The maximum absolute atomic E-state index is 4.58. The monoisotopic (exact) mass is 335 g/mol. The molecule has 1 aliphatic rings. The first-order chi connectivity index (χ1) is 12.2. The number of nitrogens with one attached hydrogen (secondary N) is 2. The molecule has 1 fully saturated rings. The molecule has 4 rings (SSSR count). The highest BCUT2D eigenvalue weighted by atomic mass is 15.3. The first-order valence-corrected chi connectivity index (χ1v) is 8.55. The molecule has 7 nitrogen and oxygen atoms in total. The van der Waals surface area contributed by atoms with Gasteiger partial charge in [-0.25, -0.2) is 9.97 Å². The molecule has 1 saturated heterocycles. The van der Waals surface area contributed by atoms with Gasteiger partial charge in [0.2, 0.25) is 11.9 Å². The van der Waals surface area contributed by atoms with Crippen molar-refractivity contribution < 1.29 is 0 Å². The molecule has 1 aromatic carbocycles. The average molecular weight is 335 g/mol. The van der Waals surface area contributed by atoms with Crippen molar-refractivity contribution in [3.8, 4) is 11.4 Å². The van der Waals surface area contributed by atoms with Gasteiger partial charge in [0, 0.05) is 35.7 Å². The fraction of sp³-hybridized carbons (Fsp3) is 0.333. The molecule has 0 unspecified atom stereocenters. The van der Waals surface area contributed by atoms with Crippen LogP contribution in [-0.2, 0) is 0 Å². The third kappa shape index (κ3) is 3.31. The van der Waals surface area contributed by atoms with Crippen LogP contribution in [0.5, 0.6) is 0 Å². The second-order valence-corrected chi connectivity index (χ2v) is 6.32. The van der Waals surface area contributed by atoms with Crippen LogP contribution >= 0.6 is 0 Å². The quantitative estimate of drug-likeness (QED) is 0.762. The zero-order valence-electron chi connectivity index (χ0n) is 14.5. The average Bonchev–Trinajstić information content (AvgIpc) is 3.25. The van der Waals surface area contributed by atoms with Gasteiger partial charge in [-0.1, -0.05) is 12.1 Å². The number of benzene rings is 1. The van der Waals surface area contributed by atoms with Crippen LogP contribution < -0.4 is 10.2 Å². The number of rotatable bonds is 4. The molecule has 0 spiro atoms. The lowest BCUT2D eigenvalue weighted by molar-refractivity contribution is 0.949. The summed E-state index contributed by atoms with van der Waals surface area (Å²) in [6.45, 7) is 6.06. The van der Waals surface area contributed by atoms with Crippen molar-refractivity contribution in [2.75, 3.05) is 23.3 Å².